The van der Waals surface area contributed by atoms with E-state index in [0.29, 0.717) is 11.4 Å². The molecule has 0 unspecified atom stereocenters. The van der Waals surface area contributed by atoms with E-state index in [0.717, 1.165) is 46.7 Å². The van der Waals surface area contributed by atoms with Gasteiger partial charge in [-0.2, -0.15) is 0 Å². The summed E-state index contributed by atoms with van der Waals surface area (Å²) in [5.74, 6) is 0.408. The molecule has 0 saturated carbocycles. The Labute approximate surface area is 194 Å². The number of nitrogens with two attached hydrogens (primary N) is 1. The smallest absolute Gasteiger partial charge is 0.256 e. The molecule has 0 radical (unpaired) electrons. The van der Waals surface area contributed by atoms with Crippen molar-refractivity contribution in [2.45, 2.75) is 20.3 Å². The highest BCUT2D eigenvalue weighted by atomic mass is 16.1. The maximum atomic E-state index is 13.1. The first-order valence-corrected chi connectivity index (χ1v) is 11.0. The van der Waals surface area contributed by atoms with Crippen LogP contribution in [-0.4, -0.2) is 17.4 Å². The molecular formula is C28H28N4O. The van der Waals surface area contributed by atoms with Crippen LogP contribution in [0, 0.1) is 13.8 Å². The highest BCUT2D eigenvalue weighted by Gasteiger charge is 2.13. The molecule has 4 rings (SSSR count). The summed E-state index contributed by atoms with van der Waals surface area (Å²) in [5.41, 5.74) is 13.3. The summed E-state index contributed by atoms with van der Waals surface area (Å²) in [6.07, 6.45) is 0.777. The lowest BCUT2D eigenvalue weighted by atomic mass is 9.96. The van der Waals surface area contributed by atoms with Gasteiger partial charge in [-0.3, -0.25) is 4.79 Å². The van der Waals surface area contributed by atoms with Crippen LogP contribution in [0.1, 0.15) is 27.2 Å². The van der Waals surface area contributed by atoms with Crippen molar-refractivity contribution in [1.82, 2.24) is 4.98 Å². The Balaban J connectivity index is 1.41. The van der Waals surface area contributed by atoms with Gasteiger partial charge < -0.3 is 16.4 Å². The van der Waals surface area contributed by atoms with Gasteiger partial charge in [-0.05, 0) is 67.4 Å². The second-order valence-corrected chi connectivity index (χ2v) is 8.18. The molecule has 5 heteroatoms. The van der Waals surface area contributed by atoms with E-state index in [4.69, 9.17) is 5.73 Å². The molecule has 1 aromatic heterocycles. The number of amides is 1. The zero-order valence-electron chi connectivity index (χ0n) is 18.9. The summed E-state index contributed by atoms with van der Waals surface area (Å²) in [6.45, 7) is 4.83. The van der Waals surface area contributed by atoms with E-state index in [9.17, 15) is 4.79 Å². The Bertz CT molecular complexity index is 1250. The van der Waals surface area contributed by atoms with Crippen LogP contribution in [0.15, 0.2) is 84.9 Å². The Morgan fingerprint density at radius 2 is 1.55 bits per heavy atom. The summed E-state index contributed by atoms with van der Waals surface area (Å²) in [6, 6.07) is 27.5. The van der Waals surface area contributed by atoms with Crippen molar-refractivity contribution < 1.29 is 4.79 Å². The number of nitrogens with one attached hydrogen (secondary N) is 2. The zero-order chi connectivity index (χ0) is 23.2. The molecule has 33 heavy (non-hydrogen) atoms. The number of hydrogen-bond acceptors (Lipinski definition) is 4. The van der Waals surface area contributed by atoms with Gasteiger partial charge in [0.2, 0.25) is 0 Å². The highest BCUT2D eigenvalue weighted by molar-refractivity contribution is 6.08. The van der Waals surface area contributed by atoms with Gasteiger partial charge in [0.15, 0.2) is 0 Å². The van der Waals surface area contributed by atoms with Crippen LogP contribution in [-0.2, 0) is 6.42 Å². The van der Waals surface area contributed by atoms with Gasteiger partial charge >= 0.3 is 0 Å². The first kappa shape index (κ1) is 22.1. The molecule has 0 bridgehead atoms. The van der Waals surface area contributed by atoms with Crippen molar-refractivity contribution >= 4 is 23.1 Å². The van der Waals surface area contributed by atoms with Crippen molar-refractivity contribution in [3.8, 4) is 11.1 Å². The highest BCUT2D eigenvalue weighted by Crippen LogP contribution is 2.26. The lowest BCUT2D eigenvalue weighted by Gasteiger charge is -2.13. The summed E-state index contributed by atoms with van der Waals surface area (Å²) in [4.78, 5) is 17.4. The van der Waals surface area contributed by atoms with Gasteiger partial charge in [0.1, 0.15) is 5.82 Å². The summed E-state index contributed by atoms with van der Waals surface area (Å²) in [5, 5.41) is 6.40. The fourth-order valence-corrected chi connectivity index (χ4v) is 3.67. The maximum absolute atomic E-state index is 13.1. The summed E-state index contributed by atoms with van der Waals surface area (Å²) in [7, 11) is 0. The number of hydrogen-bond donors (Lipinski definition) is 3. The molecule has 3 aromatic carbocycles. The number of pyridine rings is 1. The van der Waals surface area contributed by atoms with Crippen LogP contribution < -0.4 is 16.4 Å². The molecule has 0 atom stereocenters. The molecule has 5 nitrogen and oxygen atoms in total. The van der Waals surface area contributed by atoms with Gasteiger partial charge in [0, 0.05) is 35.6 Å². The minimum absolute atomic E-state index is 0.126. The molecule has 4 N–H and O–H groups in total. The lowest BCUT2D eigenvalue weighted by Crippen LogP contribution is -2.13. The number of aromatic nitrogens is 1. The number of nitrogens with zero attached hydrogens (tertiary/aromatic N) is 1. The van der Waals surface area contributed by atoms with Crippen molar-refractivity contribution in [1.29, 1.82) is 0 Å². The van der Waals surface area contributed by atoms with E-state index in [1.165, 1.54) is 5.56 Å². The third-order valence-corrected chi connectivity index (χ3v) is 5.46. The molecule has 1 heterocycles. The number of rotatable bonds is 7. The molecule has 0 fully saturated rings. The van der Waals surface area contributed by atoms with E-state index in [-0.39, 0.29) is 5.91 Å². The van der Waals surface area contributed by atoms with E-state index in [1.807, 2.05) is 55.5 Å². The number of nitrogen functional groups attached to an aromatic ring is 1. The largest absolute Gasteiger partial charge is 0.385 e. The third kappa shape index (κ3) is 5.77. The van der Waals surface area contributed by atoms with Crippen LogP contribution in [0.2, 0.25) is 0 Å². The second-order valence-electron chi connectivity index (χ2n) is 8.18. The normalized spacial score (nSPS) is 10.6. The van der Waals surface area contributed by atoms with Crippen molar-refractivity contribution in [2.75, 3.05) is 22.9 Å². The molecular weight excluding hydrogens is 408 g/mol. The Hall–Kier alpha value is -4.12. The van der Waals surface area contributed by atoms with E-state index in [2.05, 4.69) is 52.9 Å². The topological polar surface area (TPSA) is 80.0 Å². The third-order valence-electron chi connectivity index (χ3n) is 5.46. The number of carbonyl (C=O) groups excluding carboxylic acids is 1. The van der Waals surface area contributed by atoms with Gasteiger partial charge in [-0.1, -0.05) is 53.6 Å². The fraction of sp³-hybridized carbons (Fsp3) is 0.143. The summed E-state index contributed by atoms with van der Waals surface area (Å²) < 4.78 is 0. The molecule has 0 aliphatic heterocycles. The maximum Gasteiger partial charge on any atom is 0.256 e. The van der Waals surface area contributed by atoms with Crippen LogP contribution in [0.4, 0.5) is 17.2 Å². The van der Waals surface area contributed by atoms with Gasteiger partial charge in [-0.25, -0.2) is 4.98 Å². The Morgan fingerprint density at radius 1 is 0.848 bits per heavy atom. The number of benzene rings is 3. The average molecular weight is 437 g/mol. The van der Waals surface area contributed by atoms with Crippen LogP contribution >= 0.6 is 0 Å². The van der Waals surface area contributed by atoms with Crippen LogP contribution in [0.3, 0.4) is 0 Å². The standard InChI is InChI=1S/C28H28N4O/c1-19-6-9-21(10-7-19)26-18-20(2)8-15-25(26)28(33)32-24-13-11-22(12-14-24)30-17-16-23-4-3-5-27(29)31-23/h3-15,18,30H,16-17H2,1-2H3,(H2,29,31)(H,32,33). The Kier molecular flexibility index (Phi) is 6.69. The Morgan fingerprint density at radius 3 is 2.27 bits per heavy atom. The molecule has 0 spiro atoms. The van der Waals surface area contributed by atoms with Gasteiger partial charge in [-0.15, -0.1) is 0 Å². The van der Waals surface area contributed by atoms with Crippen molar-refractivity contribution in [3.63, 3.8) is 0 Å². The van der Waals surface area contributed by atoms with Gasteiger partial charge in [0.05, 0.1) is 0 Å². The minimum atomic E-state index is -0.126. The predicted molar refractivity (Wildman–Crippen MR) is 137 cm³/mol. The van der Waals surface area contributed by atoms with E-state index >= 15 is 0 Å². The molecule has 0 saturated heterocycles. The first-order valence-electron chi connectivity index (χ1n) is 11.0. The quantitative estimate of drug-likeness (QED) is 0.339. The van der Waals surface area contributed by atoms with E-state index < -0.39 is 0 Å². The fourth-order valence-electron chi connectivity index (χ4n) is 3.67. The monoisotopic (exact) mass is 436 g/mol. The predicted octanol–water partition coefficient (Wildman–Crippen LogP) is 5.85. The van der Waals surface area contributed by atoms with Crippen LogP contribution in [0.25, 0.3) is 11.1 Å². The van der Waals surface area contributed by atoms with Gasteiger partial charge in [0.25, 0.3) is 5.91 Å². The van der Waals surface area contributed by atoms with E-state index in [1.54, 1.807) is 6.07 Å². The van der Waals surface area contributed by atoms with Crippen molar-refractivity contribution in [3.05, 3.63) is 107 Å². The number of carbonyl (C=O) groups is 1. The number of anilines is 3. The average Bonchev–Trinajstić information content (AvgIpc) is 2.81. The minimum Gasteiger partial charge on any atom is -0.385 e. The SMILES string of the molecule is Cc1ccc(-c2cc(C)ccc2C(=O)Nc2ccc(NCCc3cccc(N)n3)cc2)cc1. The zero-order valence-corrected chi connectivity index (χ0v) is 18.9. The molecule has 166 valence electrons. The second kappa shape index (κ2) is 10.0. The van der Waals surface area contributed by atoms with Crippen LogP contribution in [0.5, 0.6) is 0 Å². The number of aryl methyl sites for hydroxylation is 2. The molecule has 0 aliphatic carbocycles. The lowest BCUT2D eigenvalue weighted by molar-refractivity contribution is 0.102. The molecule has 0 aliphatic rings. The summed E-state index contributed by atoms with van der Waals surface area (Å²) >= 11 is 0. The molecule has 1 amide bonds. The molecule has 4 aromatic rings. The first-order chi connectivity index (χ1) is 16.0. The van der Waals surface area contributed by atoms with Crippen molar-refractivity contribution in [2.24, 2.45) is 0 Å².